The summed E-state index contributed by atoms with van der Waals surface area (Å²) in [5, 5.41) is 0. The van der Waals surface area contributed by atoms with Gasteiger partial charge in [-0.1, -0.05) is 12.1 Å². The van der Waals surface area contributed by atoms with Crippen LogP contribution in [0.5, 0.6) is 0 Å². The molecule has 0 spiro atoms. The molecule has 1 aliphatic carbocycles. The lowest BCUT2D eigenvalue weighted by Gasteiger charge is -2.37. The number of hydrogen-bond donors (Lipinski definition) is 0. The first-order chi connectivity index (χ1) is 8.84. The van der Waals surface area contributed by atoms with Crippen LogP contribution in [-0.4, -0.2) is 15.6 Å². The van der Waals surface area contributed by atoms with Crippen molar-refractivity contribution in [1.82, 2.24) is 9.55 Å². The molecule has 1 heterocycles. The van der Waals surface area contributed by atoms with Gasteiger partial charge in [-0.15, -0.1) is 0 Å². The molecule has 90 valence electrons. The van der Waals surface area contributed by atoms with E-state index in [4.69, 9.17) is 0 Å². The number of aliphatic imine (C=N–C) groups is 1. The van der Waals surface area contributed by atoms with E-state index in [9.17, 15) is 4.79 Å². The Morgan fingerprint density at radius 3 is 2.56 bits per heavy atom. The standard InChI is InChI=1S/C14H13N3O/c18-11-16-14(6-1-7-14)12-2-4-13(5-3-12)17-9-8-15-10-17/h2-5,8-10H,1,6-7H2. The summed E-state index contributed by atoms with van der Waals surface area (Å²) in [5.74, 6) is 0. The van der Waals surface area contributed by atoms with Crippen LogP contribution in [0, 0.1) is 0 Å². The summed E-state index contributed by atoms with van der Waals surface area (Å²) in [4.78, 5) is 18.6. The van der Waals surface area contributed by atoms with Gasteiger partial charge in [0, 0.05) is 18.1 Å². The van der Waals surface area contributed by atoms with Gasteiger partial charge in [-0.3, -0.25) is 0 Å². The minimum atomic E-state index is -0.310. The van der Waals surface area contributed by atoms with Crippen LogP contribution in [0.15, 0.2) is 48.0 Å². The maximum atomic E-state index is 10.5. The zero-order chi connectivity index (χ0) is 12.4. The molecule has 1 aromatic heterocycles. The molecule has 4 heteroatoms. The Morgan fingerprint density at radius 2 is 2.06 bits per heavy atom. The van der Waals surface area contributed by atoms with Crippen molar-refractivity contribution in [1.29, 1.82) is 0 Å². The highest BCUT2D eigenvalue weighted by Crippen LogP contribution is 2.44. The van der Waals surface area contributed by atoms with E-state index in [1.54, 1.807) is 18.6 Å². The van der Waals surface area contributed by atoms with Gasteiger partial charge in [0.2, 0.25) is 6.08 Å². The van der Waals surface area contributed by atoms with E-state index in [0.717, 1.165) is 30.5 Å². The third-order valence-corrected chi connectivity index (χ3v) is 3.65. The van der Waals surface area contributed by atoms with Crippen molar-refractivity contribution in [2.45, 2.75) is 24.8 Å². The third kappa shape index (κ3) is 1.67. The van der Waals surface area contributed by atoms with Crippen molar-refractivity contribution >= 4 is 6.08 Å². The molecule has 18 heavy (non-hydrogen) atoms. The average Bonchev–Trinajstić information content (AvgIpc) is 2.88. The highest BCUT2D eigenvalue weighted by molar-refractivity contribution is 5.42. The van der Waals surface area contributed by atoms with Gasteiger partial charge >= 0.3 is 0 Å². The van der Waals surface area contributed by atoms with Gasteiger partial charge in [-0.05, 0) is 37.0 Å². The molecule has 2 aromatic rings. The number of rotatable bonds is 3. The number of carbonyl (C=O) groups excluding carboxylic acids is 1. The van der Waals surface area contributed by atoms with E-state index in [0.29, 0.717) is 0 Å². The minimum absolute atomic E-state index is 0.310. The van der Waals surface area contributed by atoms with Crippen LogP contribution in [0.4, 0.5) is 0 Å². The summed E-state index contributed by atoms with van der Waals surface area (Å²) in [6, 6.07) is 8.12. The number of isocyanates is 1. The molecular weight excluding hydrogens is 226 g/mol. The van der Waals surface area contributed by atoms with E-state index in [1.807, 2.05) is 35.0 Å². The molecule has 1 aliphatic rings. The average molecular weight is 239 g/mol. The Kier molecular flexibility index (Phi) is 2.58. The Hall–Kier alpha value is -2.19. The van der Waals surface area contributed by atoms with Gasteiger partial charge in [0.05, 0.1) is 11.9 Å². The van der Waals surface area contributed by atoms with E-state index in [1.165, 1.54) is 0 Å². The molecule has 1 saturated carbocycles. The Labute approximate surface area is 105 Å². The van der Waals surface area contributed by atoms with Crippen LogP contribution in [0.1, 0.15) is 24.8 Å². The fourth-order valence-electron chi connectivity index (χ4n) is 2.42. The minimum Gasteiger partial charge on any atom is -0.306 e. The molecule has 4 nitrogen and oxygen atoms in total. The zero-order valence-electron chi connectivity index (χ0n) is 9.91. The van der Waals surface area contributed by atoms with Crippen molar-refractivity contribution < 1.29 is 4.79 Å². The maximum absolute atomic E-state index is 10.5. The van der Waals surface area contributed by atoms with Crippen molar-refractivity contribution in [3.63, 3.8) is 0 Å². The van der Waals surface area contributed by atoms with Crippen LogP contribution in [0.25, 0.3) is 5.69 Å². The third-order valence-electron chi connectivity index (χ3n) is 3.65. The molecule has 0 aliphatic heterocycles. The second kappa shape index (κ2) is 4.24. The normalized spacial score (nSPS) is 16.7. The summed E-state index contributed by atoms with van der Waals surface area (Å²) in [7, 11) is 0. The SMILES string of the molecule is O=C=NC1(c2ccc(-n3ccnc3)cc2)CCC1. The van der Waals surface area contributed by atoms with E-state index in [-0.39, 0.29) is 5.54 Å². The van der Waals surface area contributed by atoms with Crippen LogP contribution in [0.2, 0.25) is 0 Å². The molecule has 0 radical (unpaired) electrons. The number of nitrogens with zero attached hydrogens (tertiary/aromatic N) is 3. The lowest BCUT2D eigenvalue weighted by molar-refractivity contribution is 0.256. The topological polar surface area (TPSA) is 47.2 Å². The van der Waals surface area contributed by atoms with Gasteiger partial charge in [0.25, 0.3) is 0 Å². The van der Waals surface area contributed by atoms with Crippen molar-refractivity contribution in [3.8, 4) is 5.69 Å². The summed E-state index contributed by atoms with van der Waals surface area (Å²) < 4.78 is 1.94. The smallest absolute Gasteiger partial charge is 0.235 e. The summed E-state index contributed by atoms with van der Waals surface area (Å²) >= 11 is 0. The Morgan fingerprint density at radius 1 is 1.28 bits per heavy atom. The molecule has 0 N–H and O–H groups in total. The zero-order valence-corrected chi connectivity index (χ0v) is 9.91. The fourth-order valence-corrected chi connectivity index (χ4v) is 2.42. The van der Waals surface area contributed by atoms with Gasteiger partial charge in [0.15, 0.2) is 0 Å². The van der Waals surface area contributed by atoms with Gasteiger partial charge in [0.1, 0.15) is 0 Å². The summed E-state index contributed by atoms with van der Waals surface area (Å²) in [6.07, 6.45) is 10.1. The summed E-state index contributed by atoms with van der Waals surface area (Å²) in [5.41, 5.74) is 1.84. The maximum Gasteiger partial charge on any atom is 0.235 e. The Balaban J connectivity index is 1.94. The second-order valence-electron chi connectivity index (χ2n) is 4.61. The van der Waals surface area contributed by atoms with Gasteiger partial charge in [-0.25, -0.2) is 9.78 Å². The number of aromatic nitrogens is 2. The molecule has 0 bridgehead atoms. The molecular formula is C14H13N3O. The largest absolute Gasteiger partial charge is 0.306 e. The van der Waals surface area contributed by atoms with Crippen molar-refractivity contribution in [2.75, 3.05) is 0 Å². The van der Waals surface area contributed by atoms with E-state index >= 15 is 0 Å². The predicted molar refractivity (Wildman–Crippen MR) is 67.2 cm³/mol. The number of imidazole rings is 1. The molecule has 0 amide bonds. The first-order valence-corrected chi connectivity index (χ1v) is 6.02. The highest BCUT2D eigenvalue weighted by Gasteiger charge is 2.38. The van der Waals surface area contributed by atoms with Crippen LogP contribution >= 0.6 is 0 Å². The lowest BCUT2D eigenvalue weighted by atomic mass is 9.72. The van der Waals surface area contributed by atoms with Gasteiger partial charge < -0.3 is 4.57 Å². The van der Waals surface area contributed by atoms with Gasteiger partial charge in [-0.2, -0.15) is 4.99 Å². The summed E-state index contributed by atoms with van der Waals surface area (Å²) in [6.45, 7) is 0. The molecule has 0 unspecified atom stereocenters. The van der Waals surface area contributed by atoms with E-state index < -0.39 is 0 Å². The molecule has 1 fully saturated rings. The number of benzene rings is 1. The molecule has 0 saturated heterocycles. The first kappa shape index (κ1) is 10.9. The van der Waals surface area contributed by atoms with Crippen molar-refractivity contribution in [2.24, 2.45) is 4.99 Å². The van der Waals surface area contributed by atoms with Crippen molar-refractivity contribution in [3.05, 3.63) is 48.5 Å². The Bertz CT molecular complexity index is 576. The molecule has 3 rings (SSSR count). The lowest BCUT2D eigenvalue weighted by Crippen LogP contribution is -2.31. The van der Waals surface area contributed by atoms with Crippen LogP contribution in [-0.2, 0) is 10.3 Å². The van der Waals surface area contributed by atoms with E-state index in [2.05, 4.69) is 9.98 Å². The fraction of sp³-hybridized carbons (Fsp3) is 0.286. The molecule has 1 aromatic carbocycles. The predicted octanol–water partition coefficient (Wildman–Crippen LogP) is 2.59. The molecule has 0 atom stereocenters. The first-order valence-electron chi connectivity index (χ1n) is 6.02. The number of hydrogen-bond acceptors (Lipinski definition) is 3. The van der Waals surface area contributed by atoms with Crippen LogP contribution < -0.4 is 0 Å². The van der Waals surface area contributed by atoms with Crippen LogP contribution in [0.3, 0.4) is 0 Å². The monoisotopic (exact) mass is 239 g/mol. The quantitative estimate of drug-likeness (QED) is 0.610. The highest BCUT2D eigenvalue weighted by atomic mass is 16.1. The second-order valence-corrected chi connectivity index (χ2v) is 4.61.